The monoisotopic (exact) mass is 313 g/mol. The van der Waals surface area contributed by atoms with Gasteiger partial charge >= 0.3 is 0 Å². The zero-order valence-corrected chi connectivity index (χ0v) is 12.7. The molecule has 1 unspecified atom stereocenters. The summed E-state index contributed by atoms with van der Waals surface area (Å²) in [6.45, 7) is 3.60. The van der Waals surface area contributed by atoms with E-state index in [-0.39, 0.29) is 30.3 Å². The van der Waals surface area contributed by atoms with E-state index in [0.717, 1.165) is 6.54 Å². The fraction of sp³-hybridized carbons (Fsp3) is 0.429. The summed E-state index contributed by atoms with van der Waals surface area (Å²) in [5.74, 6) is -0.242. The number of nitrogens with one attached hydrogen (secondary N) is 3. The predicted octanol–water partition coefficient (Wildman–Crippen LogP) is 1.38. The van der Waals surface area contributed by atoms with Crippen molar-refractivity contribution in [2.24, 2.45) is 0 Å². The molecule has 1 heterocycles. The molecule has 2 rings (SSSR count). The van der Waals surface area contributed by atoms with E-state index < -0.39 is 0 Å². The van der Waals surface area contributed by atoms with Crippen LogP contribution in [0.5, 0.6) is 0 Å². The normalized spacial score (nSPS) is 17.5. The zero-order valence-electron chi connectivity index (χ0n) is 11.8. The van der Waals surface area contributed by atoms with Gasteiger partial charge in [0.2, 0.25) is 11.8 Å². The smallest absolute Gasteiger partial charge is 0.227 e. The van der Waals surface area contributed by atoms with Crippen molar-refractivity contribution in [2.45, 2.75) is 19.4 Å². The molecule has 0 aliphatic carbocycles. The summed E-state index contributed by atoms with van der Waals surface area (Å²) in [7, 11) is 0. The third kappa shape index (κ3) is 6.12. The molecule has 116 valence electrons. The molecule has 3 N–H and O–H groups in total. The van der Waals surface area contributed by atoms with E-state index in [9.17, 15) is 9.59 Å². The molecule has 1 aliphatic heterocycles. The minimum Gasteiger partial charge on any atom is -0.375 e. The Labute approximate surface area is 130 Å². The number of carbonyl (C=O) groups is 2. The largest absolute Gasteiger partial charge is 0.375 e. The molecule has 2 amide bonds. The zero-order chi connectivity index (χ0) is 14.4. The van der Waals surface area contributed by atoms with E-state index in [0.29, 0.717) is 30.9 Å². The van der Waals surface area contributed by atoms with Gasteiger partial charge in [-0.25, -0.2) is 0 Å². The standard InChI is InChI=1S/C14H19N3O3.ClH/c1-10(18)16-11-3-2-4-12(7-11)17-14(19)8-13-9-15-5-6-20-13;/h2-4,7,13,15H,5-6,8-9H2,1H3,(H,16,18)(H,17,19);1H. The third-order valence-corrected chi connectivity index (χ3v) is 2.88. The lowest BCUT2D eigenvalue weighted by atomic mass is 10.2. The number of hydrogen-bond acceptors (Lipinski definition) is 4. The molecule has 0 aromatic heterocycles. The summed E-state index contributed by atoms with van der Waals surface area (Å²) in [4.78, 5) is 22.9. The van der Waals surface area contributed by atoms with Gasteiger partial charge in [0.25, 0.3) is 0 Å². The SMILES string of the molecule is CC(=O)Nc1cccc(NC(=O)CC2CNCCO2)c1.Cl. The van der Waals surface area contributed by atoms with Crippen molar-refractivity contribution in [2.75, 3.05) is 30.3 Å². The number of halogens is 1. The van der Waals surface area contributed by atoms with E-state index in [1.165, 1.54) is 6.92 Å². The van der Waals surface area contributed by atoms with Crippen LogP contribution in [-0.2, 0) is 14.3 Å². The van der Waals surface area contributed by atoms with Gasteiger partial charge in [-0.05, 0) is 18.2 Å². The molecular formula is C14H20ClN3O3. The summed E-state index contributed by atoms with van der Waals surface area (Å²) >= 11 is 0. The topological polar surface area (TPSA) is 79.5 Å². The van der Waals surface area contributed by atoms with Crippen LogP contribution in [0, 0.1) is 0 Å². The number of anilines is 2. The molecule has 1 fully saturated rings. The van der Waals surface area contributed by atoms with Crippen molar-refractivity contribution in [1.82, 2.24) is 5.32 Å². The highest BCUT2D eigenvalue weighted by Crippen LogP contribution is 2.15. The second-order valence-electron chi connectivity index (χ2n) is 4.71. The van der Waals surface area contributed by atoms with Crippen LogP contribution >= 0.6 is 12.4 Å². The summed E-state index contributed by atoms with van der Waals surface area (Å²) in [6, 6.07) is 7.05. The van der Waals surface area contributed by atoms with E-state index in [4.69, 9.17) is 4.74 Å². The Bertz CT molecular complexity index is 490. The third-order valence-electron chi connectivity index (χ3n) is 2.88. The molecule has 1 aromatic carbocycles. The maximum atomic E-state index is 11.9. The maximum Gasteiger partial charge on any atom is 0.227 e. The molecule has 6 nitrogen and oxygen atoms in total. The average molecular weight is 314 g/mol. The lowest BCUT2D eigenvalue weighted by molar-refractivity contribution is -0.119. The first kappa shape index (κ1) is 17.4. The predicted molar refractivity (Wildman–Crippen MR) is 83.9 cm³/mol. The van der Waals surface area contributed by atoms with Crippen LogP contribution in [-0.4, -0.2) is 37.6 Å². The lowest BCUT2D eigenvalue weighted by Crippen LogP contribution is -2.40. The van der Waals surface area contributed by atoms with Crippen molar-refractivity contribution in [1.29, 1.82) is 0 Å². The maximum absolute atomic E-state index is 11.9. The van der Waals surface area contributed by atoms with Crippen LogP contribution < -0.4 is 16.0 Å². The number of ether oxygens (including phenoxy) is 1. The fourth-order valence-corrected chi connectivity index (χ4v) is 2.05. The molecule has 21 heavy (non-hydrogen) atoms. The van der Waals surface area contributed by atoms with Crippen LogP contribution in [0.25, 0.3) is 0 Å². The second kappa shape index (κ2) is 8.61. The Balaban J connectivity index is 0.00000220. The average Bonchev–Trinajstić information content (AvgIpc) is 2.39. The Morgan fingerprint density at radius 1 is 1.33 bits per heavy atom. The first-order valence-electron chi connectivity index (χ1n) is 6.63. The van der Waals surface area contributed by atoms with E-state index in [1.54, 1.807) is 24.3 Å². The van der Waals surface area contributed by atoms with Gasteiger partial charge in [0.1, 0.15) is 0 Å². The highest BCUT2D eigenvalue weighted by molar-refractivity contribution is 5.93. The number of hydrogen-bond donors (Lipinski definition) is 3. The Kier molecular flexibility index (Phi) is 7.14. The first-order valence-corrected chi connectivity index (χ1v) is 6.63. The Hall–Kier alpha value is -1.63. The van der Waals surface area contributed by atoms with Crippen molar-refractivity contribution >= 4 is 35.6 Å². The van der Waals surface area contributed by atoms with Crippen LogP contribution in [0.15, 0.2) is 24.3 Å². The van der Waals surface area contributed by atoms with Crippen LogP contribution in [0.4, 0.5) is 11.4 Å². The number of rotatable bonds is 4. The highest BCUT2D eigenvalue weighted by atomic mass is 35.5. The van der Waals surface area contributed by atoms with Gasteiger partial charge in [-0.1, -0.05) is 6.07 Å². The Morgan fingerprint density at radius 3 is 2.67 bits per heavy atom. The van der Waals surface area contributed by atoms with Crippen LogP contribution in [0.3, 0.4) is 0 Å². The summed E-state index contributed by atoms with van der Waals surface area (Å²) < 4.78 is 5.48. The van der Waals surface area contributed by atoms with Gasteiger partial charge in [0, 0.05) is 31.4 Å². The summed E-state index contributed by atoms with van der Waals surface area (Å²) in [5, 5.41) is 8.66. The number of amides is 2. The van der Waals surface area contributed by atoms with Crippen molar-refractivity contribution < 1.29 is 14.3 Å². The van der Waals surface area contributed by atoms with Crippen molar-refractivity contribution in [3.63, 3.8) is 0 Å². The molecule has 1 atom stereocenters. The molecule has 1 aromatic rings. The highest BCUT2D eigenvalue weighted by Gasteiger charge is 2.17. The molecule has 1 saturated heterocycles. The second-order valence-corrected chi connectivity index (χ2v) is 4.71. The van der Waals surface area contributed by atoms with E-state index in [2.05, 4.69) is 16.0 Å². The molecule has 1 aliphatic rings. The van der Waals surface area contributed by atoms with Gasteiger partial charge in [-0.3, -0.25) is 9.59 Å². The number of benzene rings is 1. The van der Waals surface area contributed by atoms with Gasteiger partial charge in [-0.15, -0.1) is 12.4 Å². The minimum atomic E-state index is -0.143. The van der Waals surface area contributed by atoms with Gasteiger partial charge < -0.3 is 20.7 Å². The van der Waals surface area contributed by atoms with E-state index >= 15 is 0 Å². The van der Waals surface area contributed by atoms with Gasteiger partial charge in [0.15, 0.2) is 0 Å². The van der Waals surface area contributed by atoms with Crippen molar-refractivity contribution in [3.05, 3.63) is 24.3 Å². The minimum absolute atomic E-state index is 0. The van der Waals surface area contributed by atoms with Gasteiger partial charge in [0.05, 0.1) is 19.1 Å². The molecule has 7 heteroatoms. The summed E-state index contributed by atoms with van der Waals surface area (Å²) in [5.41, 5.74) is 1.32. The van der Waals surface area contributed by atoms with Gasteiger partial charge in [-0.2, -0.15) is 0 Å². The number of carbonyl (C=O) groups excluding carboxylic acids is 2. The lowest BCUT2D eigenvalue weighted by Gasteiger charge is -2.23. The number of morpholine rings is 1. The fourth-order valence-electron chi connectivity index (χ4n) is 2.05. The summed E-state index contributed by atoms with van der Waals surface area (Å²) in [6.07, 6.45) is 0.236. The van der Waals surface area contributed by atoms with Crippen molar-refractivity contribution in [3.8, 4) is 0 Å². The van der Waals surface area contributed by atoms with E-state index in [1.807, 2.05) is 0 Å². The molecule has 0 spiro atoms. The van der Waals surface area contributed by atoms with Crippen LogP contribution in [0.1, 0.15) is 13.3 Å². The Morgan fingerprint density at radius 2 is 2.05 bits per heavy atom. The molecular weight excluding hydrogens is 294 g/mol. The van der Waals surface area contributed by atoms with Crippen LogP contribution in [0.2, 0.25) is 0 Å². The molecule has 0 bridgehead atoms. The molecule has 0 saturated carbocycles. The molecule has 0 radical (unpaired) electrons. The quantitative estimate of drug-likeness (QED) is 0.784. The first-order chi connectivity index (χ1) is 9.63.